The van der Waals surface area contributed by atoms with Gasteiger partial charge in [0.15, 0.2) is 6.61 Å². The Balaban J connectivity index is 1.27. The van der Waals surface area contributed by atoms with Crippen LogP contribution >= 0.6 is 0 Å². The first-order valence-corrected chi connectivity index (χ1v) is 8.99. The summed E-state index contributed by atoms with van der Waals surface area (Å²) in [4.78, 5) is 11.8. The zero-order chi connectivity index (χ0) is 20.8. The highest BCUT2D eigenvalue weighted by molar-refractivity contribution is 5.88. The van der Waals surface area contributed by atoms with Crippen LogP contribution in [-0.2, 0) is 6.61 Å². The molecule has 30 heavy (non-hydrogen) atoms. The molecule has 3 N–H and O–H groups in total. The molecule has 1 aromatic heterocycles. The van der Waals surface area contributed by atoms with Crippen molar-refractivity contribution in [3.8, 4) is 11.5 Å². The number of hydrazone groups is 1. The Morgan fingerprint density at radius 3 is 2.70 bits per heavy atom. The topological polar surface area (TPSA) is 122 Å². The average Bonchev–Trinajstić information content (AvgIpc) is 3.20. The first-order valence-electron chi connectivity index (χ1n) is 8.99. The van der Waals surface area contributed by atoms with Crippen molar-refractivity contribution in [3.05, 3.63) is 78.2 Å². The van der Waals surface area contributed by atoms with E-state index in [1.54, 1.807) is 12.1 Å². The van der Waals surface area contributed by atoms with Crippen molar-refractivity contribution >= 4 is 29.0 Å². The molecule has 0 aliphatic heterocycles. The lowest BCUT2D eigenvalue weighted by Crippen LogP contribution is -2.24. The van der Waals surface area contributed by atoms with E-state index in [0.29, 0.717) is 11.3 Å². The van der Waals surface area contributed by atoms with Crippen molar-refractivity contribution in [2.75, 3.05) is 5.32 Å². The fraction of sp³-hybridized carbons (Fsp3) is 0.0476. The van der Waals surface area contributed by atoms with Gasteiger partial charge in [0.25, 0.3) is 5.89 Å². The van der Waals surface area contributed by atoms with E-state index < -0.39 is 6.03 Å². The van der Waals surface area contributed by atoms with Gasteiger partial charge in [-0.3, -0.25) is 5.32 Å². The number of carbonyl (C=O) groups is 1. The second-order valence-corrected chi connectivity index (χ2v) is 6.21. The first kappa shape index (κ1) is 18.9. The van der Waals surface area contributed by atoms with Crippen LogP contribution in [0.1, 0.15) is 11.5 Å². The third-order valence-electron chi connectivity index (χ3n) is 4.04. The number of hydrogen-bond donors (Lipinski definition) is 3. The number of nitrogens with zero attached hydrogens (tertiary/aromatic N) is 3. The summed E-state index contributed by atoms with van der Waals surface area (Å²) in [6.07, 6.45) is 1.43. The molecule has 9 nitrogen and oxygen atoms in total. The molecule has 4 rings (SSSR count). The lowest BCUT2D eigenvalue weighted by molar-refractivity contribution is 0.250. The second kappa shape index (κ2) is 8.74. The van der Waals surface area contributed by atoms with Crippen molar-refractivity contribution in [3.63, 3.8) is 0 Å². The van der Waals surface area contributed by atoms with Gasteiger partial charge in [-0.05, 0) is 52.7 Å². The molecular formula is C21H17N5O4. The van der Waals surface area contributed by atoms with Crippen LogP contribution in [0.2, 0.25) is 0 Å². The molecule has 0 aliphatic carbocycles. The van der Waals surface area contributed by atoms with Gasteiger partial charge in [0.1, 0.15) is 11.5 Å². The van der Waals surface area contributed by atoms with Crippen LogP contribution in [0, 0.1) is 0 Å². The van der Waals surface area contributed by atoms with E-state index in [1.165, 1.54) is 18.3 Å². The second-order valence-electron chi connectivity index (χ2n) is 6.21. The van der Waals surface area contributed by atoms with Crippen LogP contribution in [0.3, 0.4) is 0 Å². The Hall–Kier alpha value is -4.40. The molecular weight excluding hydrogens is 386 g/mol. The van der Waals surface area contributed by atoms with Gasteiger partial charge in [0, 0.05) is 0 Å². The minimum Gasteiger partial charge on any atom is -0.508 e. The van der Waals surface area contributed by atoms with E-state index in [1.807, 2.05) is 42.5 Å². The molecule has 0 bridgehead atoms. The number of hydrogen-bond acceptors (Lipinski definition) is 7. The number of phenolic OH excluding ortho intramolecular Hbond substituents is 1. The maximum atomic E-state index is 11.8. The molecule has 0 saturated carbocycles. The van der Waals surface area contributed by atoms with E-state index in [-0.39, 0.29) is 24.3 Å². The molecule has 1 heterocycles. The van der Waals surface area contributed by atoms with Gasteiger partial charge < -0.3 is 14.3 Å². The fourth-order valence-corrected chi connectivity index (χ4v) is 2.62. The predicted octanol–water partition coefficient (Wildman–Crippen LogP) is 3.66. The zero-order valence-electron chi connectivity index (χ0n) is 15.6. The lowest BCUT2D eigenvalue weighted by Gasteiger charge is -2.04. The highest BCUT2D eigenvalue weighted by atomic mass is 16.5. The van der Waals surface area contributed by atoms with Gasteiger partial charge in [-0.15, -0.1) is 5.10 Å². The number of urea groups is 1. The standard InChI is InChI=1S/C21H17N5O4/c27-17-8-5-14(6-9-17)12-22-25-20(28)23-21-26-24-19(30-21)13-29-18-10-7-15-3-1-2-4-16(15)11-18/h1-12,27H,13H2,(H2,23,25,26,28)/b22-12-. The zero-order valence-corrected chi connectivity index (χ0v) is 15.6. The number of benzene rings is 3. The molecule has 9 heteroatoms. The van der Waals surface area contributed by atoms with Crippen LogP contribution in [0.5, 0.6) is 11.5 Å². The molecule has 0 spiro atoms. The normalized spacial score (nSPS) is 10.9. The van der Waals surface area contributed by atoms with Crippen LogP contribution in [0.15, 0.2) is 76.2 Å². The van der Waals surface area contributed by atoms with E-state index in [2.05, 4.69) is 26.0 Å². The van der Waals surface area contributed by atoms with Crippen LogP contribution in [0.4, 0.5) is 10.8 Å². The van der Waals surface area contributed by atoms with Crippen molar-refractivity contribution in [2.45, 2.75) is 6.61 Å². The maximum Gasteiger partial charge on any atom is 0.343 e. The molecule has 0 atom stereocenters. The largest absolute Gasteiger partial charge is 0.508 e. The molecule has 2 amide bonds. The minimum atomic E-state index is -0.643. The predicted molar refractivity (Wildman–Crippen MR) is 110 cm³/mol. The van der Waals surface area contributed by atoms with E-state index in [0.717, 1.165) is 10.8 Å². The summed E-state index contributed by atoms with van der Waals surface area (Å²) in [5, 5.41) is 25.2. The quantitative estimate of drug-likeness (QED) is 0.334. The molecule has 4 aromatic rings. The van der Waals surface area contributed by atoms with Crippen molar-refractivity contribution in [2.24, 2.45) is 5.10 Å². The molecule has 0 aliphatic rings. The van der Waals surface area contributed by atoms with Gasteiger partial charge in [0.2, 0.25) is 0 Å². The summed E-state index contributed by atoms with van der Waals surface area (Å²) in [6.45, 7) is 0.0631. The number of aromatic nitrogens is 2. The number of ether oxygens (including phenoxy) is 1. The van der Waals surface area contributed by atoms with E-state index >= 15 is 0 Å². The number of amides is 2. The number of rotatable bonds is 6. The van der Waals surface area contributed by atoms with Crippen molar-refractivity contribution in [1.82, 2.24) is 15.6 Å². The van der Waals surface area contributed by atoms with Gasteiger partial charge in [0.05, 0.1) is 6.21 Å². The molecule has 0 unspecified atom stereocenters. The summed E-state index contributed by atoms with van der Waals surface area (Å²) in [7, 11) is 0. The van der Waals surface area contributed by atoms with E-state index in [9.17, 15) is 9.90 Å². The van der Waals surface area contributed by atoms with Crippen LogP contribution in [-0.4, -0.2) is 27.5 Å². The summed E-state index contributed by atoms with van der Waals surface area (Å²) >= 11 is 0. The van der Waals surface area contributed by atoms with Crippen molar-refractivity contribution in [1.29, 1.82) is 0 Å². The van der Waals surface area contributed by atoms with Gasteiger partial charge in [-0.1, -0.05) is 35.4 Å². The third kappa shape index (κ3) is 4.90. The number of nitrogens with one attached hydrogen (secondary N) is 2. The Labute approximate surface area is 171 Å². The number of fused-ring (bicyclic) bond motifs is 1. The van der Waals surface area contributed by atoms with Crippen molar-refractivity contribution < 1.29 is 19.1 Å². The highest BCUT2D eigenvalue weighted by Crippen LogP contribution is 2.21. The monoisotopic (exact) mass is 403 g/mol. The summed E-state index contributed by atoms with van der Waals surface area (Å²) in [5.41, 5.74) is 2.98. The average molecular weight is 403 g/mol. The first-order chi connectivity index (χ1) is 14.7. The van der Waals surface area contributed by atoms with Crippen LogP contribution < -0.4 is 15.5 Å². The maximum absolute atomic E-state index is 11.8. The number of aromatic hydroxyl groups is 1. The number of phenols is 1. The number of anilines is 1. The fourth-order valence-electron chi connectivity index (χ4n) is 2.62. The van der Waals surface area contributed by atoms with Gasteiger partial charge in [-0.25, -0.2) is 10.2 Å². The third-order valence-corrected chi connectivity index (χ3v) is 4.04. The molecule has 0 saturated heterocycles. The van der Waals surface area contributed by atoms with Gasteiger partial charge >= 0.3 is 12.0 Å². The van der Waals surface area contributed by atoms with Crippen LogP contribution in [0.25, 0.3) is 10.8 Å². The Morgan fingerprint density at radius 1 is 1.07 bits per heavy atom. The lowest BCUT2D eigenvalue weighted by atomic mass is 10.1. The molecule has 0 fully saturated rings. The summed E-state index contributed by atoms with van der Waals surface area (Å²) < 4.78 is 11.0. The van der Waals surface area contributed by atoms with Gasteiger partial charge in [-0.2, -0.15) is 5.10 Å². The minimum absolute atomic E-state index is 0.0631. The summed E-state index contributed by atoms with van der Waals surface area (Å²) in [6, 6.07) is 19.3. The SMILES string of the molecule is O=C(N/N=C\c1ccc(O)cc1)Nc1nnc(COc2ccc3ccccc3c2)o1. The molecule has 0 radical (unpaired) electrons. The molecule has 150 valence electrons. The summed E-state index contributed by atoms with van der Waals surface area (Å²) in [5.74, 6) is 1.03. The van der Waals surface area contributed by atoms with E-state index in [4.69, 9.17) is 9.15 Å². The molecule has 3 aromatic carbocycles. The number of carbonyl (C=O) groups excluding carboxylic acids is 1. The smallest absolute Gasteiger partial charge is 0.343 e. The Kier molecular flexibility index (Phi) is 5.52. The Bertz CT molecular complexity index is 1190. The highest BCUT2D eigenvalue weighted by Gasteiger charge is 2.10. The Morgan fingerprint density at radius 2 is 1.87 bits per heavy atom.